The predicted molar refractivity (Wildman–Crippen MR) is 91.1 cm³/mol. The quantitative estimate of drug-likeness (QED) is 0.485. The number of rotatable bonds is 8. The second kappa shape index (κ2) is 9.14. The largest absolute Gasteiger partial charge is 0.480 e. The first-order valence-electron chi connectivity index (χ1n) is 7.64. The fourth-order valence-electron chi connectivity index (χ4n) is 2.19. The van der Waals surface area contributed by atoms with Crippen molar-refractivity contribution in [3.8, 4) is 0 Å². The SMILES string of the molecule is O=C(NN[C@H](Cc1ccccc1)C(=O)O)OCc1ccccc1[N+](=O)[O-]. The standard InChI is InChI=1S/C17H17N3O6/c21-16(22)14(10-12-6-2-1-3-7-12)18-19-17(23)26-11-13-8-4-5-9-15(13)20(24)25/h1-9,14,18H,10-11H2,(H,19,23)(H,21,22)/t14-/m1/s1. The molecule has 0 aliphatic heterocycles. The van der Waals surface area contributed by atoms with E-state index in [-0.39, 0.29) is 24.3 Å². The Labute approximate surface area is 148 Å². The molecule has 0 saturated heterocycles. The van der Waals surface area contributed by atoms with Gasteiger partial charge in [-0.15, -0.1) is 0 Å². The van der Waals surface area contributed by atoms with Gasteiger partial charge in [0.05, 0.1) is 10.5 Å². The van der Waals surface area contributed by atoms with Gasteiger partial charge in [-0.1, -0.05) is 42.5 Å². The molecule has 136 valence electrons. The van der Waals surface area contributed by atoms with Crippen molar-refractivity contribution in [3.63, 3.8) is 0 Å². The lowest BCUT2D eigenvalue weighted by atomic mass is 10.1. The Morgan fingerprint density at radius 3 is 2.42 bits per heavy atom. The molecule has 0 aliphatic carbocycles. The predicted octanol–water partition coefficient (Wildman–Crippen LogP) is 2.02. The van der Waals surface area contributed by atoms with Gasteiger partial charge in [0, 0.05) is 12.5 Å². The highest BCUT2D eigenvalue weighted by Crippen LogP contribution is 2.18. The number of carboxylic acids is 1. The van der Waals surface area contributed by atoms with Crippen LogP contribution in [0.2, 0.25) is 0 Å². The number of nitro groups is 1. The Morgan fingerprint density at radius 1 is 1.12 bits per heavy atom. The van der Waals surface area contributed by atoms with Gasteiger partial charge in [0.1, 0.15) is 12.6 Å². The average molecular weight is 359 g/mol. The molecule has 0 aliphatic rings. The van der Waals surface area contributed by atoms with E-state index in [0.29, 0.717) is 0 Å². The fraction of sp³-hybridized carbons (Fsp3) is 0.176. The molecule has 3 N–H and O–H groups in total. The van der Waals surface area contributed by atoms with E-state index >= 15 is 0 Å². The number of hydrogen-bond donors (Lipinski definition) is 3. The van der Waals surface area contributed by atoms with Gasteiger partial charge in [-0.25, -0.2) is 10.2 Å². The highest BCUT2D eigenvalue weighted by molar-refractivity contribution is 5.75. The van der Waals surface area contributed by atoms with E-state index in [1.807, 2.05) is 6.07 Å². The Bertz CT molecular complexity index is 781. The van der Waals surface area contributed by atoms with Gasteiger partial charge in [-0.3, -0.25) is 20.3 Å². The monoisotopic (exact) mass is 359 g/mol. The number of para-hydroxylation sites is 1. The van der Waals surface area contributed by atoms with Crippen molar-refractivity contribution < 1.29 is 24.4 Å². The van der Waals surface area contributed by atoms with Crippen molar-refractivity contribution in [2.24, 2.45) is 0 Å². The first-order valence-corrected chi connectivity index (χ1v) is 7.64. The first kappa shape index (κ1) is 18.9. The van der Waals surface area contributed by atoms with Crippen LogP contribution in [0.3, 0.4) is 0 Å². The molecule has 0 unspecified atom stereocenters. The van der Waals surface area contributed by atoms with Crippen molar-refractivity contribution in [1.82, 2.24) is 10.9 Å². The van der Waals surface area contributed by atoms with Crippen LogP contribution in [0.5, 0.6) is 0 Å². The molecule has 0 heterocycles. The van der Waals surface area contributed by atoms with E-state index < -0.39 is 23.0 Å². The average Bonchev–Trinajstić information content (AvgIpc) is 2.64. The minimum absolute atomic E-state index is 0.153. The van der Waals surface area contributed by atoms with Gasteiger partial charge in [0.15, 0.2) is 0 Å². The lowest BCUT2D eigenvalue weighted by molar-refractivity contribution is -0.385. The third kappa shape index (κ3) is 5.56. The number of nitrogens with zero attached hydrogens (tertiary/aromatic N) is 1. The zero-order valence-corrected chi connectivity index (χ0v) is 13.6. The summed E-state index contributed by atoms with van der Waals surface area (Å²) in [6.45, 7) is -0.318. The molecular weight excluding hydrogens is 342 g/mol. The van der Waals surface area contributed by atoms with Crippen molar-refractivity contribution in [3.05, 3.63) is 75.8 Å². The molecule has 1 amide bonds. The zero-order valence-electron chi connectivity index (χ0n) is 13.6. The smallest absolute Gasteiger partial charge is 0.421 e. The maximum Gasteiger partial charge on any atom is 0.421 e. The normalized spacial score (nSPS) is 11.4. The highest BCUT2D eigenvalue weighted by Gasteiger charge is 2.19. The molecule has 1 atom stereocenters. The summed E-state index contributed by atoms with van der Waals surface area (Å²) in [5, 5.41) is 20.1. The first-order chi connectivity index (χ1) is 12.5. The topological polar surface area (TPSA) is 131 Å². The van der Waals surface area contributed by atoms with Crippen LogP contribution in [0.1, 0.15) is 11.1 Å². The second-order valence-corrected chi connectivity index (χ2v) is 5.31. The Hall–Kier alpha value is -3.46. The molecule has 0 spiro atoms. The van der Waals surface area contributed by atoms with Gasteiger partial charge in [0.25, 0.3) is 5.69 Å². The number of amides is 1. The molecule has 9 heteroatoms. The van der Waals surface area contributed by atoms with Crippen LogP contribution in [0.15, 0.2) is 54.6 Å². The summed E-state index contributed by atoms with van der Waals surface area (Å²) < 4.78 is 4.89. The molecule has 0 aromatic heterocycles. The Morgan fingerprint density at radius 2 is 1.77 bits per heavy atom. The van der Waals surface area contributed by atoms with Crippen LogP contribution in [-0.4, -0.2) is 28.1 Å². The van der Waals surface area contributed by atoms with E-state index in [1.54, 1.807) is 30.3 Å². The van der Waals surface area contributed by atoms with Crippen LogP contribution < -0.4 is 10.9 Å². The number of nitrogens with one attached hydrogen (secondary N) is 2. The number of benzene rings is 2. The lowest BCUT2D eigenvalue weighted by Gasteiger charge is -2.15. The highest BCUT2D eigenvalue weighted by atomic mass is 16.6. The molecular formula is C17H17N3O6. The van der Waals surface area contributed by atoms with Gasteiger partial charge in [-0.2, -0.15) is 0 Å². The number of ether oxygens (including phenoxy) is 1. The molecule has 0 fully saturated rings. The van der Waals surface area contributed by atoms with E-state index in [2.05, 4.69) is 10.9 Å². The Kier molecular flexibility index (Phi) is 6.63. The summed E-state index contributed by atoms with van der Waals surface area (Å²) in [4.78, 5) is 33.3. The number of hydrogen-bond acceptors (Lipinski definition) is 6. The van der Waals surface area contributed by atoms with E-state index in [9.17, 15) is 24.8 Å². The summed E-state index contributed by atoms with van der Waals surface area (Å²) in [5.74, 6) is -1.15. The molecule has 2 aromatic rings. The minimum Gasteiger partial charge on any atom is -0.480 e. The van der Waals surface area contributed by atoms with Crippen molar-refractivity contribution >= 4 is 17.7 Å². The lowest BCUT2D eigenvalue weighted by Crippen LogP contribution is -2.49. The molecule has 26 heavy (non-hydrogen) atoms. The summed E-state index contributed by atoms with van der Waals surface area (Å²) in [5.41, 5.74) is 5.37. The van der Waals surface area contributed by atoms with Crippen LogP contribution >= 0.6 is 0 Å². The van der Waals surface area contributed by atoms with E-state index in [0.717, 1.165) is 5.56 Å². The van der Waals surface area contributed by atoms with Crippen LogP contribution in [-0.2, 0) is 22.6 Å². The molecule has 0 saturated carbocycles. The maximum atomic E-state index is 11.7. The summed E-state index contributed by atoms with van der Waals surface area (Å²) in [7, 11) is 0. The van der Waals surface area contributed by atoms with E-state index in [1.165, 1.54) is 18.2 Å². The van der Waals surface area contributed by atoms with Crippen LogP contribution in [0.25, 0.3) is 0 Å². The number of hydrazine groups is 1. The molecule has 0 bridgehead atoms. The number of carbonyl (C=O) groups excluding carboxylic acids is 1. The summed E-state index contributed by atoms with van der Waals surface area (Å²) in [6.07, 6.45) is -0.789. The molecule has 2 aromatic carbocycles. The molecule has 9 nitrogen and oxygen atoms in total. The van der Waals surface area contributed by atoms with Crippen molar-refractivity contribution in [2.75, 3.05) is 0 Å². The number of aliphatic carboxylic acids is 1. The third-order valence-corrected chi connectivity index (χ3v) is 3.48. The Balaban J connectivity index is 1.87. The second-order valence-electron chi connectivity index (χ2n) is 5.31. The van der Waals surface area contributed by atoms with Gasteiger partial charge >= 0.3 is 12.1 Å². The summed E-state index contributed by atoms with van der Waals surface area (Å²) in [6, 6.07) is 13.7. The van der Waals surface area contributed by atoms with E-state index in [4.69, 9.17) is 4.74 Å². The maximum absolute atomic E-state index is 11.7. The van der Waals surface area contributed by atoms with Gasteiger partial charge in [0.2, 0.25) is 0 Å². The van der Waals surface area contributed by atoms with Gasteiger partial charge < -0.3 is 9.84 Å². The molecule has 0 radical (unpaired) electrons. The number of carboxylic acid groups (broad SMARTS) is 1. The number of carbonyl (C=O) groups is 2. The zero-order chi connectivity index (χ0) is 18.9. The van der Waals surface area contributed by atoms with Crippen LogP contribution in [0.4, 0.5) is 10.5 Å². The summed E-state index contributed by atoms with van der Waals surface area (Å²) >= 11 is 0. The van der Waals surface area contributed by atoms with Crippen LogP contribution in [0, 0.1) is 10.1 Å². The fourth-order valence-corrected chi connectivity index (χ4v) is 2.19. The van der Waals surface area contributed by atoms with Crippen molar-refractivity contribution in [2.45, 2.75) is 19.1 Å². The van der Waals surface area contributed by atoms with Gasteiger partial charge in [-0.05, 0) is 11.6 Å². The minimum atomic E-state index is -1.15. The third-order valence-electron chi connectivity index (χ3n) is 3.48. The number of nitro benzene ring substituents is 1. The molecule has 2 rings (SSSR count). The van der Waals surface area contributed by atoms with Crippen molar-refractivity contribution in [1.29, 1.82) is 0 Å².